The maximum atomic E-state index is 10.3. The van der Waals surface area contributed by atoms with Crippen LogP contribution in [0.1, 0.15) is 2.85 Å². The smallest absolute Gasteiger partial charge is 1.00 e. The van der Waals surface area contributed by atoms with Gasteiger partial charge in [-0.25, -0.2) is 4.21 Å². The van der Waals surface area contributed by atoms with E-state index in [0.29, 0.717) is 4.90 Å². The fourth-order valence-corrected chi connectivity index (χ4v) is 0.927. The van der Waals surface area contributed by atoms with E-state index in [1.807, 2.05) is 0 Å². The van der Waals surface area contributed by atoms with Crippen LogP contribution in [0.3, 0.4) is 0 Å². The summed E-state index contributed by atoms with van der Waals surface area (Å²) in [6.07, 6.45) is 0. The van der Waals surface area contributed by atoms with Crippen molar-refractivity contribution in [3.8, 4) is 0 Å². The Labute approximate surface area is 81.0 Å². The van der Waals surface area contributed by atoms with E-state index < -0.39 is 11.1 Å². The molecule has 0 aliphatic rings. The molecule has 1 aromatic rings. The first-order chi connectivity index (χ1) is 4.30. The van der Waals surface area contributed by atoms with E-state index in [1.165, 1.54) is 0 Å². The first-order valence-corrected chi connectivity index (χ1v) is 3.57. The molecule has 2 nitrogen and oxygen atoms in total. The number of benzene rings is 1. The van der Waals surface area contributed by atoms with E-state index in [-0.39, 0.29) is 25.9 Å². The average Bonchev–Trinajstić information content (AvgIpc) is 1.90. The van der Waals surface area contributed by atoms with Crippen molar-refractivity contribution in [3.63, 3.8) is 0 Å². The maximum Gasteiger partial charge on any atom is 2.00 e. The Morgan fingerprint density at radius 3 is 2.10 bits per heavy atom. The Kier molecular flexibility index (Phi) is 4.89. The first kappa shape index (κ1) is 10.1. The minimum atomic E-state index is -1.83. The molecule has 0 saturated carbocycles. The van der Waals surface area contributed by atoms with Crippen LogP contribution in [0.25, 0.3) is 0 Å². The van der Waals surface area contributed by atoms with Crippen molar-refractivity contribution in [1.29, 1.82) is 0 Å². The molecule has 0 bridgehead atoms. The quantitative estimate of drug-likeness (QED) is 0.504. The van der Waals surface area contributed by atoms with E-state index in [1.54, 1.807) is 30.3 Å². The first-order valence-electron chi connectivity index (χ1n) is 2.46. The zero-order valence-electron chi connectivity index (χ0n) is 7.36. The molecular formula is C6H8MgO2S. The molecular weight excluding hydrogens is 160 g/mol. The van der Waals surface area contributed by atoms with E-state index in [2.05, 4.69) is 0 Å². The van der Waals surface area contributed by atoms with Crippen molar-refractivity contribution in [2.75, 3.05) is 0 Å². The van der Waals surface area contributed by atoms with E-state index in [4.69, 9.17) is 4.55 Å². The second-order valence-corrected chi connectivity index (χ2v) is 2.53. The van der Waals surface area contributed by atoms with Crippen molar-refractivity contribution < 1.29 is 11.6 Å². The van der Waals surface area contributed by atoms with Crippen molar-refractivity contribution >= 4 is 34.1 Å². The van der Waals surface area contributed by atoms with Crippen LogP contribution in [0.5, 0.6) is 0 Å². The van der Waals surface area contributed by atoms with Gasteiger partial charge in [0.2, 0.25) is 0 Å². The van der Waals surface area contributed by atoms with Crippen molar-refractivity contribution in [2.24, 2.45) is 0 Å². The number of rotatable bonds is 1. The van der Waals surface area contributed by atoms with Gasteiger partial charge >= 0.3 is 23.1 Å². The third-order valence-electron chi connectivity index (χ3n) is 0.945. The van der Waals surface area contributed by atoms with Crippen LogP contribution in [0, 0.1) is 0 Å². The molecule has 0 aromatic heterocycles. The standard InChI is InChI=1S/C6H6O2S.Mg.2H/c7-9(8)6-4-2-1-3-5-6;;;/h1-5H,(H,7,8);;;/q;+2;2*-1. The third-order valence-corrected chi connectivity index (χ3v) is 1.62. The second kappa shape index (κ2) is 4.84. The largest absolute Gasteiger partial charge is 2.00 e. The van der Waals surface area contributed by atoms with Crippen LogP contribution in [0.4, 0.5) is 0 Å². The zero-order valence-corrected chi connectivity index (χ0v) is 7.59. The molecule has 0 radical (unpaired) electrons. The molecule has 0 amide bonds. The molecule has 1 unspecified atom stereocenters. The minimum absolute atomic E-state index is 0. The van der Waals surface area contributed by atoms with Gasteiger partial charge < -0.3 is 7.41 Å². The Hall–Kier alpha value is 0.0962. The minimum Gasteiger partial charge on any atom is -1.00 e. The molecule has 1 atom stereocenters. The SMILES string of the molecule is O=S(O)c1ccccc1.[H-].[H-].[Mg+2]. The Morgan fingerprint density at radius 1 is 1.30 bits per heavy atom. The van der Waals surface area contributed by atoms with Gasteiger partial charge in [-0.3, -0.25) is 0 Å². The third kappa shape index (κ3) is 2.79. The molecule has 52 valence electrons. The van der Waals surface area contributed by atoms with Crippen molar-refractivity contribution in [3.05, 3.63) is 30.3 Å². The maximum absolute atomic E-state index is 10.3. The summed E-state index contributed by atoms with van der Waals surface area (Å²) in [6, 6.07) is 8.47. The number of hydrogen-bond acceptors (Lipinski definition) is 1. The van der Waals surface area contributed by atoms with Crippen LogP contribution >= 0.6 is 0 Å². The zero-order chi connectivity index (χ0) is 6.69. The van der Waals surface area contributed by atoms with Gasteiger partial charge in [0.05, 0.1) is 4.90 Å². The molecule has 0 aliphatic heterocycles. The van der Waals surface area contributed by atoms with Crippen molar-refractivity contribution in [2.45, 2.75) is 4.90 Å². The fourth-order valence-electron chi connectivity index (χ4n) is 0.537. The summed E-state index contributed by atoms with van der Waals surface area (Å²) in [4.78, 5) is 0.442. The molecule has 1 rings (SSSR count). The van der Waals surface area contributed by atoms with Gasteiger partial charge in [0, 0.05) is 0 Å². The summed E-state index contributed by atoms with van der Waals surface area (Å²) in [6.45, 7) is 0. The molecule has 4 heteroatoms. The molecule has 1 aromatic carbocycles. The van der Waals surface area contributed by atoms with Gasteiger partial charge in [0.25, 0.3) is 0 Å². The van der Waals surface area contributed by atoms with Crippen LogP contribution in [0.15, 0.2) is 35.2 Å². The summed E-state index contributed by atoms with van der Waals surface area (Å²) in [7, 11) is 0. The van der Waals surface area contributed by atoms with E-state index in [9.17, 15) is 4.21 Å². The molecule has 10 heavy (non-hydrogen) atoms. The number of hydrogen-bond donors (Lipinski definition) is 1. The Bertz CT molecular complexity index is 220. The molecule has 0 heterocycles. The topological polar surface area (TPSA) is 37.3 Å². The van der Waals surface area contributed by atoms with E-state index >= 15 is 0 Å². The Balaban J connectivity index is -0.000000270. The van der Waals surface area contributed by atoms with E-state index in [0.717, 1.165) is 0 Å². The van der Waals surface area contributed by atoms with Gasteiger partial charge in [0.1, 0.15) is 0 Å². The van der Waals surface area contributed by atoms with Crippen LogP contribution in [0.2, 0.25) is 0 Å². The fraction of sp³-hybridized carbons (Fsp3) is 0. The van der Waals surface area contributed by atoms with Gasteiger partial charge in [0.15, 0.2) is 11.1 Å². The van der Waals surface area contributed by atoms with Gasteiger partial charge in [-0.15, -0.1) is 0 Å². The van der Waals surface area contributed by atoms with Gasteiger partial charge in [-0.1, -0.05) is 18.2 Å². The molecule has 0 aliphatic carbocycles. The molecule has 0 saturated heterocycles. The summed E-state index contributed by atoms with van der Waals surface area (Å²) < 4.78 is 18.8. The summed E-state index contributed by atoms with van der Waals surface area (Å²) in [5.74, 6) is 0. The Morgan fingerprint density at radius 2 is 1.80 bits per heavy atom. The normalized spacial score (nSPS) is 11.7. The monoisotopic (exact) mass is 168 g/mol. The van der Waals surface area contributed by atoms with Crippen LogP contribution < -0.4 is 0 Å². The molecule has 0 fully saturated rings. The predicted molar refractivity (Wildman–Crippen MR) is 43.5 cm³/mol. The predicted octanol–water partition coefficient (Wildman–Crippen LogP) is 1.11. The van der Waals surface area contributed by atoms with Crippen LogP contribution in [-0.2, 0) is 11.1 Å². The summed E-state index contributed by atoms with van der Waals surface area (Å²) in [5.41, 5.74) is 0. The molecule has 0 spiro atoms. The van der Waals surface area contributed by atoms with Gasteiger partial charge in [-0.2, -0.15) is 0 Å². The molecule has 1 N–H and O–H groups in total. The summed E-state index contributed by atoms with van der Waals surface area (Å²) >= 11 is -1.83. The summed E-state index contributed by atoms with van der Waals surface area (Å²) in [5, 5.41) is 0. The second-order valence-electron chi connectivity index (χ2n) is 1.56. The van der Waals surface area contributed by atoms with Gasteiger partial charge in [-0.05, 0) is 12.1 Å². The van der Waals surface area contributed by atoms with Crippen LogP contribution in [-0.4, -0.2) is 31.8 Å². The average molecular weight is 168 g/mol. The van der Waals surface area contributed by atoms with Crippen molar-refractivity contribution in [1.82, 2.24) is 0 Å².